The summed E-state index contributed by atoms with van der Waals surface area (Å²) in [5.41, 5.74) is 0.124. The molecule has 0 amide bonds. The summed E-state index contributed by atoms with van der Waals surface area (Å²) in [6.07, 6.45) is 2.73. The highest BCUT2D eigenvalue weighted by atomic mass is 35.5. The van der Waals surface area contributed by atoms with Crippen LogP contribution in [0.15, 0.2) is 18.2 Å². The van der Waals surface area contributed by atoms with Crippen molar-refractivity contribution in [1.29, 1.82) is 0 Å². The molecule has 2 nitrogen and oxygen atoms in total. The number of hydrogen-bond donors (Lipinski definition) is 1. The lowest BCUT2D eigenvalue weighted by Gasteiger charge is -2.44. The molecule has 2 aliphatic heterocycles. The molecule has 3 rings (SSSR count). The van der Waals surface area contributed by atoms with Gasteiger partial charge in [-0.2, -0.15) is 11.8 Å². The zero-order valence-electron chi connectivity index (χ0n) is 11.9. The van der Waals surface area contributed by atoms with Crippen LogP contribution in [0.4, 0.5) is 4.39 Å². The molecule has 0 saturated carbocycles. The summed E-state index contributed by atoms with van der Waals surface area (Å²) < 4.78 is 20.0. The van der Waals surface area contributed by atoms with Crippen LogP contribution in [0, 0.1) is 11.7 Å². The van der Waals surface area contributed by atoms with E-state index in [0.717, 1.165) is 37.2 Å². The van der Waals surface area contributed by atoms with Gasteiger partial charge in [-0.3, -0.25) is 0 Å². The fourth-order valence-electron chi connectivity index (χ4n) is 3.46. The third kappa shape index (κ3) is 3.24. The van der Waals surface area contributed by atoms with Gasteiger partial charge in [-0.05, 0) is 55.2 Å². The maximum absolute atomic E-state index is 14.0. The van der Waals surface area contributed by atoms with Crippen molar-refractivity contribution in [1.82, 2.24) is 0 Å². The summed E-state index contributed by atoms with van der Waals surface area (Å²) in [6, 6.07) is 4.56. The number of aliphatic hydroxyl groups is 1. The molecular formula is C16H20ClFO2S. The Kier molecular flexibility index (Phi) is 4.79. The Labute approximate surface area is 134 Å². The molecule has 2 fully saturated rings. The molecule has 1 N–H and O–H groups in total. The molecule has 0 radical (unpaired) electrons. The Hall–Kier alpha value is -0.290. The lowest BCUT2D eigenvalue weighted by molar-refractivity contribution is -0.121. The highest BCUT2D eigenvalue weighted by Crippen LogP contribution is 2.44. The van der Waals surface area contributed by atoms with E-state index in [1.165, 1.54) is 6.07 Å². The van der Waals surface area contributed by atoms with Crippen molar-refractivity contribution < 1.29 is 14.2 Å². The number of halogens is 2. The molecule has 2 heterocycles. The van der Waals surface area contributed by atoms with Gasteiger partial charge in [0.1, 0.15) is 5.82 Å². The van der Waals surface area contributed by atoms with Crippen molar-refractivity contribution in [3.8, 4) is 0 Å². The van der Waals surface area contributed by atoms with Gasteiger partial charge in [0, 0.05) is 17.2 Å². The normalized spacial score (nSPS) is 26.7. The van der Waals surface area contributed by atoms with Crippen LogP contribution < -0.4 is 0 Å². The smallest absolute Gasteiger partial charge is 0.130 e. The van der Waals surface area contributed by atoms with E-state index in [1.54, 1.807) is 12.1 Å². The number of benzene rings is 1. The second-order valence-corrected chi connectivity index (χ2v) is 7.61. The number of ether oxygens (including phenoxy) is 1. The average Bonchev–Trinajstić information content (AvgIpc) is 2.48. The number of aliphatic hydroxyl groups excluding tert-OH is 1. The van der Waals surface area contributed by atoms with Crippen molar-refractivity contribution in [2.75, 3.05) is 18.1 Å². The Balaban J connectivity index is 1.79. The first-order chi connectivity index (χ1) is 10.1. The van der Waals surface area contributed by atoms with E-state index in [2.05, 4.69) is 0 Å². The minimum Gasteiger partial charge on any atom is -0.388 e. The first-order valence-corrected chi connectivity index (χ1v) is 8.98. The van der Waals surface area contributed by atoms with Crippen LogP contribution >= 0.6 is 23.4 Å². The third-order valence-corrected chi connectivity index (χ3v) is 5.99. The van der Waals surface area contributed by atoms with Gasteiger partial charge < -0.3 is 9.84 Å². The fourth-order valence-corrected chi connectivity index (χ4v) is 4.97. The molecule has 5 heteroatoms. The molecule has 0 aliphatic carbocycles. The SMILES string of the molecule is OC(c1c(F)cccc1Cl)C1CCOC2(CCSCC2)C1. The van der Waals surface area contributed by atoms with Gasteiger partial charge in [0.2, 0.25) is 0 Å². The van der Waals surface area contributed by atoms with Crippen molar-refractivity contribution in [3.05, 3.63) is 34.6 Å². The van der Waals surface area contributed by atoms with Crippen molar-refractivity contribution in [2.45, 2.75) is 37.4 Å². The van der Waals surface area contributed by atoms with Crippen LogP contribution in [-0.4, -0.2) is 28.8 Å². The zero-order valence-corrected chi connectivity index (χ0v) is 13.4. The van der Waals surface area contributed by atoms with E-state index in [4.69, 9.17) is 16.3 Å². The molecule has 116 valence electrons. The van der Waals surface area contributed by atoms with Crippen LogP contribution in [0.5, 0.6) is 0 Å². The Morgan fingerprint density at radius 3 is 2.86 bits per heavy atom. The molecule has 1 spiro atoms. The van der Waals surface area contributed by atoms with Gasteiger partial charge in [0.15, 0.2) is 0 Å². The molecule has 0 bridgehead atoms. The molecule has 21 heavy (non-hydrogen) atoms. The van der Waals surface area contributed by atoms with Crippen LogP contribution in [0.2, 0.25) is 5.02 Å². The highest BCUT2D eigenvalue weighted by Gasteiger charge is 2.41. The average molecular weight is 331 g/mol. The first kappa shape index (κ1) is 15.6. The summed E-state index contributed by atoms with van der Waals surface area (Å²) in [6.45, 7) is 0.637. The number of rotatable bonds is 2. The molecule has 2 aliphatic rings. The monoisotopic (exact) mass is 330 g/mol. The Morgan fingerprint density at radius 2 is 2.14 bits per heavy atom. The third-order valence-electron chi connectivity index (χ3n) is 4.68. The van der Waals surface area contributed by atoms with Gasteiger partial charge in [0.05, 0.1) is 11.7 Å². The van der Waals surface area contributed by atoms with Gasteiger partial charge in [0.25, 0.3) is 0 Å². The summed E-state index contributed by atoms with van der Waals surface area (Å²) in [7, 11) is 0. The van der Waals surface area contributed by atoms with Crippen LogP contribution in [0.1, 0.15) is 37.4 Å². The summed E-state index contributed by atoms with van der Waals surface area (Å²) >= 11 is 8.04. The van der Waals surface area contributed by atoms with Crippen LogP contribution in [0.3, 0.4) is 0 Å². The first-order valence-electron chi connectivity index (χ1n) is 7.45. The highest BCUT2D eigenvalue weighted by molar-refractivity contribution is 7.99. The molecule has 1 aromatic carbocycles. The van der Waals surface area contributed by atoms with Gasteiger partial charge in [-0.15, -0.1) is 0 Å². The maximum Gasteiger partial charge on any atom is 0.130 e. The molecular weight excluding hydrogens is 311 g/mol. The minimum absolute atomic E-state index is 0.0104. The van der Waals surface area contributed by atoms with Gasteiger partial charge >= 0.3 is 0 Å². The van der Waals surface area contributed by atoms with Gasteiger partial charge in [-0.25, -0.2) is 4.39 Å². The van der Waals surface area contributed by atoms with Gasteiger partial charge in [-0.1, -0.05) is 17.7 Å². The maximum atomic E-state index is 14.0. The fraction of sp³-hybridized carbons (Fsp3) is 0.625. The summed E-state index contributed by atoms with van der Waals surface area (Å²) in [5, 5.41) is 10.9. The zero-order chi connectivity index (χ0) is 14.9. The standard InChI is InChI=1S/C16H20ClFO2S/c17-12-2-1-3-13(18)14(12)15(19)11-4-7-20-16(10-11)5-8-21-9-6-16/h1-3,11,15,19H,4-10H2. The van der Waals surface area contributed by atoms with Crippen molar-refractivity contribution in [3.63, 3.8) is 0 Å². The lowest BCUT2D eigenvalue weighted by atomic mass is 9.78. The quantitative estimate of drug-likeness (QED) is 0.881. The van der Waals surface area contributed by atoms with E-state index in [1.807, 2.05) is 11.8 Å². The molecule has 2 unspecified atom stereocenters. The van der Waals surface area contributed by atoms with Crippen LogP contribution in [-0.2, 0) is 4.74 Å². The predicted molar refractivity (Wildman–Crippen MR) is 84.3 cm³/mol. The molecule has 1 aromatic rings. The van der Waals surface area contributed by atoms with E-state index in [-0.39, 0.29) is 17.1 Å². The summed E-state index contributed by atoms with van der Waals surface area (Å²) in [4.78, 5) is 0. The number of hydrogen-bond acceptors (Lipinski definition) is 3. The van der Waals surface area contributed by atoms with Crippen molar-refractivity contribution >= 4 is 23.4 Å². The Morgan fingerprint density at radius 1 is 1.38 bits per heavy atom. The largest absolute Gasteiger partial charge is 0.388 e. The molecule has 0 aromatic heterocycles. The topological polar surface area (TPSA) is 29.5 Å². The minimum atomic E-state index is -0.853. The van der Waals surface area contributed by atoms with Crippen molar-refractivity contribution in [2.24, 2.45) is 5.92 Å². The Bertz CT molecular complexity index is 479. The van der Waals surface area contributed by atoms with E-state index in [0.29, 0.717) is 11.6 Å². The molecule has 2 atom stereocenters. The summed E-state index contributed by atoms with van der Waals surface area (Å²) in [5.74, 6) is 1.79. The van der Waals surface area contributed by atoms with E-state index < -0.39 is 11.9 Å². The van der Waals surface area contributed by atoms with Crippen LogP contribution in [0.25, 0.3) is 0 Å². The van der Waals surface area contributed by atoms with E-state index in [9.17, 15) is 9.50 Å². The lowest BCUT2D eigenvalue weighted by Crippen LogP contribution is -2.44. The predicted octanol–water partition coefficient (Wildman–Crippen LogP) is 4.20. The second-order valence-electron chi connectivity index (χ2n) is 5.98. The van der Waals surface area contributed by atoms with E-state index >= 15 is 0 Å². The second kappa shape index (κ2) is 6.45. The number of thioether (sulfide) groups is 1. The molecule has 2 saturated heterocycles.